The number of aliphatic hydroxyl groups excluding tert-OH is 1. The van der Waals surface area contributed by atoms with Crippen LogP contribution in [0, 0.1) is 0 Å². The van der Waals surface area contributed by atoms with Crippen LogP contribution in [-0.2, 0) is 33.5 Å². The molecular formula is C9H18O9S. The summed E-state index contributed by atoms with van der Waals surface area (Å²) in [5.41, 5.74) is 0. The maximum Gasteiger partial charge on any atom is 0.397 e. The van der Waals surface area contributed by atoms with E-state index in [0.29, 0.717) is 0 Å². The van der Waals surface area contributed by atoms with Gasteiger partial charge in [-0.1, -0.05) is 0 Å². The zero-order valence-electron chi connectivity index (χ0n) is 10.8. The number of methoxy groups -OCH3 is 3. The van der Waals surface area contributed by atoms with Crippen LogP contribution in [0.4, 0.5) is 0 Å². The van der Waals surface area contributed by atoms with E-state index in [1.165, 1.54) is 21.3 Å². The zero-order valence-corrected chi connectivity index (χ0v) is 11.6. The third-order valence-electron chi connectivity index (χ3n) is 2.81. The molecule has 1 heterocycles. The van der Waals surface area contributed by atoms with E-state index in [2.05, 4.69) is 4.18 Å². The molecule has 0 aromatic carbocycles. The molecule has 0 aromatic rings. The van der Waals surface area contributed by atoms with Crippen molar-refractivity contribution in [3.8, 4) is 0 Å². The number of hydrogen-bond acceptors (Lipinski definition) is 8. The summed E-state index contributed by atoms with van der Waals surface area (Å²) in [4.78, 5) is 0. The number of aliphatic hydroxyl groups is 1. The van der Waals surface area contributed by atoms with Crippen LogP contribution in [-0.4, -0.2) is 76.7 Å². The number of ether oxygens (including phenoxy) is 4. The van der Waals surface area contributed by atoms with Crippen molar-refractivity contribution in [3.05, 3.63) is 0 Å². The van der Waals surface area contributed by atoms with Crippen LogP contribution in [0.5, 0.6) is 0 Å². The molecule has 0 radical (unpaired) electrons. The Labute approximate surface area is 111 Å². The topological polar surface area (TPSA) is 121 Å². The van der Waals surface area contributed by atoms with Gasteiger partial charge >= 0.3 is 10.4 Å². The zero-order chi connectivity index (χ0) is 14.6. The van der Waals surface area contributed by atoms with Gasteiger partial charge < -0.3 is 24.1 Å². The molecule has 1 fully saturated rings. The Morgan fingerprint density at radius 1 is 1.05 bits per heavy atom. The molecule has 5 atom stereocenters. The lowest BCUT2D eigenvalue weighted by molar-refractivity contribution is -0.298. The molecule has 10 heteroatoms. The first-order chi connectivity index (χ1) is 8.84. The van der Waals surface area contributed by atoms with E-state index in [1.807, 2.05) is 0 Å². The minimum atomic E-state index is -4.61. The maximum atomic E-state index is 10.5. The second-order valence-electron chi connectivity index (χ2n) is 3.88. The Kier molecular flexibility index (Phi) is 6.08. The largest absolute Gasteiger partial charge is 0.397 e. The molecule has 1 saturated heterocycles. The predicted octanol–water partition coefficient (Wildman–Crippen LogP) is -1.43. The molecule has 0 aromatic heterocycles. The van der Waals surface area contributed by atoms with Gasteiger partial charge in [-0.05, 0) is 0 Å². The molecule has 1 aliphatic rings. The van der Waals surface area contributed by atoms with Crippen LogP contribution in [0.3, 0.4) is 0 Å². The summed E-state index contributed by atoms with van der Waals surface area (Å²) in [6.45, 7) is -0.523. The SMILES string of the molecule is CO[C@@H]1[C@@H](OC)[C@@H](O)O[C@H](COS(=O)(=O)O)[C@H]1OC. The maximum absolute atomic E-state index is 10.5. The highest BCUT2D eigenvalue weighted by atomic mass is 32.3. The highest BCUT2D eigenvalue weighted by molar-refractivity contribution is 7.80. The van der Waals surface area contributed by atoms with Crippen LogP contribution in [0.2, 0.25) is 0 Å². The Bertz CT molecular complexity index is 370. The summed E-state index contributed by atoms with van der Waals surface area (Å²) in [7, 11) is -0.483. The van der Waals surface area contributed by atoms with Crippen LogP contribution < -0.4 is 0 Å². The highest BCUT2D eigenvalue weighted by Gasteiger charge is 2.46. The van der Waals surface area contributed by atoms with Crippen molar-refractivity contribution >= 4 is 10.4 Å². The summed E-state index contributed by atoms with van der Waals surface area (Å²) < 4.78 is 54.4. The molecule has 1 rings (SSSR count). The highest BCUT2D eigenvalue weighted by Crippen LogP contribution is 2.26. The van der Waals surface area contributed by atoms with Crippen LogP contribution in [0.1, 0.15) is 0 Å². The lowest BCUT2D eigenvalue weighted by Gasteiger charge is -2.42. The van der Waals surface area contributed by atoms with Crippen molar-refractivity contribution in [2.75, 3.05) is 27.9 Å². The van der Waals surface area contributed by atoms with Gasteiger partial charge in [-0.25, -0.2) is 4.18 Å². The lowest BCUT2D eigenvalue weighted by atomic mass is 9.99. The van der Waals surface area contributed by atoms with Gasteiger partial charge in [0.05, 0.1) is 6.61 Å². The van der Waals surface area contributed by atoms with Crippen LogP contribution in [0.15, 0.2) is 0 Å². The standard InChI is InChI=1S/C9H18O9S/c1-14-6-5(4-17-19(11,12)13)18-9(10)8(16-3)7(6)15-2/h5-10H,4H2,1-3H3,(H,11,12,13)/t5-,6-,7+,8-,9+/m1/s1. The van der Waals surface area contributed by atoms with Crippen molar-refractivity contribution in [2.24, 2.45) is 0 Å². The molecule has 0 bridgehead atoms. The van der Waals surface area contributed by atoms with Crippen molar-refractivity contribution in [3.63, 3.8) is 0 Å². The molecule has 114 valence electrons. The second-order valence-corrected chi connectivity index (χ2v) is 4.97. The van der Waals surface area contributed by atoms with Crippen molar-refractivity contribution in [1.29, 1.82) is 0 Å². The average molecular weight is 302 g/mol. The Morgan fingerprint density at radius 3 is 2.00 bits per heavy atom. The molecule has 0 spiro atoms. The Morgan fingerprint density at radius 2 is 1.58 bits per heavy atom. The smallest absolute Gasteiger partial charge is 0.376 e. The van der Waals surface area contributed by atoms with E-state index in [1.54, 1.807) is 0 Å². The quantitative estimate of drug-likeness (QED) is 0.568. The molecular weight excluding hydrogens is 284 g/mol. The molecule has 1 aliphatic heterocycles. The third kappa shape index (κ3) is 4.33. The summed E-state index contributed by atoms with van der Waals surface area (Å²) in [5, 5.41) is 9.73. The summed E-state index contributed by atoms with van der Waals surface area (Å²) >= 11 is 0. The normalized spacial score (nSPS) is 36.4. The van der Waals surface area contributed by atoms with Gasteiger partial charge in [0, 0.05) is 21.3 Å². The summed E-state index contributed by atoms with van der Waals surface area (Å²) in [6.07, 6.45) is -4.50. The fourth-order valence-corrected chi connectivity index (χ4v) is 2.29. The van der Waals surface area contributed by atoms with Crippen LogP contribution in [0.25, 0.3) is 0 Å². The second kappa shape index (κ2) is 6.90. The van der Waals surface area contributed by atoms with E-state index in [9.17, 15) is 13.5 Å². The van der Waals surface area contributed by atoms with Gasteiger partial charge in [0.1, 0.15) is 24.4 Å². The molecule has 0 unspecified atom stereocenters. The molecule has 0 aliphatic carbocycles. The predicted molar refractivity (Wildman–Crippen MR) is 60.8 cm³/mol. The van der Waals surface area contributed by atoms with E-state index in [-0.39, 0.29) is 0 Å². The van der Waals surface area contributed by atoms with Gasteiger partial charge in [-0.2, -0.15) is 8.42 Å². The van der Waals surface area contributed by atoms with Gasteiger partial charge in [0.15, 0.2) is 6.29 Å². The van der Waals surface area contributed by atoms with Crippen LogP contribution >= 0.6 is 0 Å². The Balaban J connectivity index is 2.81. The van der Waals surface area contributed by atoms with Crippen molar-refractivity contribution in [2.45, 2.75) is 30.7 Å². The van der Waals surface area contributed by atoms with E-state index in [0.717, 1.165) is 0 Å². The van der Waals surface area contributed by atoms with Crippen molar-refractivity contribution in [1.82, 2.24) is 0 Å². The fourth-order valence-electron chi connectivity index (χ4n) is 1.99. The number of rotatable bonds is 6. The fraction of sp³-hybridized carbons (Fsp3) is 1.00. The first-order valence-electron chi connectivity index (χ1n) is 5.37. The average Bonchev–Trinajstić information content (AvgIpc) is 2.34. The lowest BCUT2D eigenvalue weighted by Crippen LogP contribution is -2.60. The minimum absolute atomic E-state index is 0.523. The first-order valence-corrected chi connectivity index (χ1v) is 6.74. The Hall–Kier alpha value is -0.330. The third-order valence-corrected chi connectivity index (χ3v) is 3.24. The molecule has 9 nitrogen and oxygen atoms in total. The van der Waals surface area contributed by atoms with E-state index in [4.69, 9.17) is 23.5 Å². The van der Waals surface area contributed by atoms with E-state index < -0.39 is 47.7 Å². The molecule has 2 N–H and O–H groups in total. The van der Waals surface area contributed by atoms with Gasteiger partial charge in [0.25, 0.3) is 0 Å². The summed E-state index contributed by atoms with van der Waals surface area (Å²) in [6, 6.07) is 0. The van der Waals surface area contributed by atoms with Gasteiger partial charge in [-0.3, -0.25) is 4.55 Å². The molecule has 19 heavy (non-hydrogen) atoms. The van der Waals surface area contributed by atoms with Gasteiger partial charge in [0.2, 0.25) is 0 Å². The number of hydrogen-bond donors (Lipinski definition) is 2. The van der Waals surface area contributed by atoms with Gasteiger partial charge in [-0.15, -0.1) is 0 Å². The van der Waals surface area contributed by atoms with E-state index >= 15 is 0 Å². The first kappa shape index (κ1) is 16.7. The molecule has 0 amide bonds. The molecule has 0 saturated carbocycles. The minimum Gasteiger partial charge on any atom is -0.376 e. The van der Waals surface area contributed by atoms with Crippen molar-refractivity contribution < 1.29 is 41.2 Å². The summed E-state index contributed by atoms with van der Waals surface area (Å²) in [5.74, 6) is 0. The monoisotopic (exact) mass is 302 g/mol.